The van der Waals surface area contributed by atoms with Crippen LogP contribution in [-0.2, 0) is 10.3 Å². The smallest absolute Gasteiger partial charge is 0.244 e. The average molecular weight is 466 g/mol. The van der Waals surface area contributed by atoms with Crippen molar-refractivity contribution in [3.05, 3.63) is 66.7 Å². The van der Waals surface area contributed by atoms with Crippen molar-refractivity contribution in [3.63, 3.8) is 0 Å². The Bertz CT molecular complexity index is 1330. The molecule has 0 aliphatic heterocycles. The van der Waals surface area contributed by atoms with E-state index in [9.17, 15) is 4.79 Å². The van der Waals surface area contributed by atoms with Crippen LogP contribution in [-0.4, -0.2) is 15.5 Å². The molecule has 3 aromatic carbocycles. The molecule has 2 aliphatic rings. The third-order valence-electron chi connectivity index (χ3n) is 8.81. The molecule has 0 radical (unpaired) electrons. The number of nitrogens with two attached hydrogens (primary N) is 1. The van der Waals surface area contributed by atoms with E-state index in [1.165, 1.54) is 43.9 Å². The normalized spacial score (nSPS) is 18.3. The molecule has 180 valence electrons. The van der Waals surface area contributed by atoms with Crippen LogP contribution in [0.4, 0.5) is 0 Å². The number of para-hydroxylation sites is 2. The highest BCUT2D eigenvalue weighted by molar-refractivity contribution is 5.98. The number of carbonyl (C=O) groups excluding carboxylic acids is 1. The molecule has 1 amide bonds. The van der Waals surface area contributed by atoms with Gasteiger partial charge in [-0.3, -0.25) is 4.79 Å². The van der Waals surface area contributed by atoms with Crippen LogP contribution in [0.3, 0.4) is 0 Å². The lowest BCUT2D eigenvalue weighted by atomic mass is 9.63. The van der Waals surface area contributed by atoms with Crippen molar-refractivity contribution >= 4 is 27.7 Å². The zero-order valence-corrected chi connectivity index (χ0v) is 20.5. The van der Waals surface area contributed by atoms with Gasteiger partial charge in [0.25, 0.3) is 0 Å². The molecule has 0 saturated heterocycles. The van der Waals surface area contributed by atoms with E-state index in [0.717, 1.165) is 53.5 Å². The first-order valence-corrected chi connectivity index (χ1v) is 13.5. The van der Waals surface area contributed by atoms with Gasteiger partial charge in [-0.15, -0.1) is 0 Å². The molecular weight excluding hydrogens is 430 g/mol. The molecule has 1 heterocycles. The van der Waals surface area contributed by atoms with Crippen LogP contribution < -0.4 is 5.73 Å². The maximum absolute atomic E-state index is 14.0. The SMILES string of the molecule is NC(=O)C(C1CCCCC1)(C1CCCCC1)n1c(-c2cccc3ccccc23)nc2ccccc21. The van der Waals surface area contributed by atoms with Crippen LogP contribution >= 0.6 is 0 Å². The molecule has 2 N–H and O–H groups in total. The monoisotopic (exact) mass is 465 g/mol. The van der Waals surface area contributed by atoms with Crippen molar-refractivity contribution in [2.24, 2.45) is 17.6 Å². The summed E-state index contributed by atoms with van der Waals surface area (Å²) < 4.78 is 2.33. The van der Waals surface area contributed by atoms with Gasteiger partial charge in [-0.05, 0) is 60.4 Å². The molecule has 2 saturated carbocycles. The van der Waals surface area contributed by atoms with Crippen LogP contribution in [0, 0.1) is 11.8 Å². The molecule has 4 aromatic rings. The first kappa shape index (κ1) is 22.3. The maximum atomic E-state index is 14.0. The van der Waals surface area contributed by atoms with Gasteiger partial charge in [0.15, 0.2) is 0 Å². The number of hydrogen-bond donors (Lipinski definition) is 1. The fourth-order valence-electron chi connectivity index (χ4n) is 7.30. The molecular formula is C31H35N3O. The first-order chi connectivity index (χ1) is 17.2. The highest BCUT2D eigenvalue weighted by atomic mass is 16.1. The predicted octanol–water partition coefficient (Wildman–Crippen LogP) is 7.20. The zero-order valence-electron chi connectivity index (χ0n) is 20.5. The molecule has 2 fully saturated rings. The van der Waals surface area contributed by atoms with Crippen molar-refractivity contribution in [2.75, 3.05) is 0 Å². The van der Waals surface area contributed by atoms with E-state index in [4.69, 9.17) is 10.7 Å². The summed E-state index contributed by atoms with van der Waals surface area (Å²) in [6, 6.07) is 23.2. The summed E-state index contributed by atoms with van der Waals surface area (Å²) in [5.74, 6) is 1.20. The number of primary amides is 1. The van der Waals surface area contributed by atoms with E-state index in [0.29, 0.717) is 0 Å². The van der Waals surface area contributed by atoms with Crippen molar-refractivity contribution in [3.8, 4) is 11.4 Å². The van der Waals surface area contributed by atoms with Crippen LogP contribution in [0.1, 0.15) is 64.2 Å². The fraction of sp³-hybridized carbons (Fsp3) is 0.419. The highest BCUT2D eigenvalue weighted by Crippen LogP contribution is 2.50. The van der Waals surface area contributed by atoms with Crippen LogP contribution in [0.5, 0.6) is 0 Å². The average Bonchev–Trinajstić information content (AvgIpc) is 3.29. The molecule has 35 heavy (non-hydrogen) atoms. The second-order valence-corrected chi connectivity index (χ2v) is 10.6. The van der Waals surface area contributed by atoms with E-state index in [-0.39, 0.29) is 17.7 Å². The van der Waals surface area contributed by atoms with Gasteiger partial charge in [-0.1, -0.05) is 93.1 Å². The lowest BCUT2D eigenvalue weighted by Gasteiger charge is -2.48. The van der Waals surface area contributed by atoms with E-state index in [2.05, 4.69) is 65.2 Å². The zero-order chi connectivity index (χ0) is 23.8. The minimum absolute atomic E-state index is 0.166. The van der Waals surface area contributed by atoms with E-state index >= 15 is 0 Å². The van der Waals surface area contributed by atoms with Gasteiger partial charge < -0.3 is 10.3 Å². The molecule has 4 nitrogen and oxygen atoms in total. The summed E-state index contributed by atoms with van der Waals surface area (Å²) in [5.41, 5.74) is 8.88. The molecule has 0 bridgehead atoms. The first-order valence-electron chi connectivity index (χ1n) is 13.5. The Kier molecular flexibility index (Phi) is 5.83. The van der Waals surface area contributed by atoms with E-state index in [1.807, 2.05) is 6.07 Å². The van der Waals surface area contributed by atoms with Crippen LogP contribution in [0.25, 0.3) is 33.2 Å². The number of rotatable bonds is 5. The van der Waals surface area contributed by atoms with Gasteiger partial charge in [0, 0.05) is 5.56 Å². The van der Waals surface area contributed by atoms with Gasteiger partial charge in [-0.2, -0.15) is 0 Å². The quantitative estimate of drug-likeness (QED) is 0.339. The van der Waals surface area contributed by atoms with Gasteiger partial charge in [-0.25, -0.2) is 4.98 Å². The largest absolute Gasteiger partial charge is 0.368 e. The van der Waals surface area contributed by atoms with E-state index in [1.54, 1.807) is 0 Å². The Morgan fingerprint density at radius 1 is 0.771 bits per heavy atom. The lowest BCUT2D eigenvalue weighted by molar-refractivity contribution is -0.135. The van der Waals surface area contributed by atoms with Gasteiger partial charge in [0.1, 0.15) is 11.4 Å². The Balaban J connectivity index is 1.70. The third-order valence-corrected chi connectivity index (χ3v) is 8.81. The minimum Gasteiger partial charge on any atom is -0.368 e. The third kappa shape index (κ3) is 3.57. The molecule has 4 heteroatoms. The van der Waals surface area contributed by atoms with Crippen molar-refractivity contribution in [1.29, 1.82) is 0 Å². The molecule has 0 spiro atoms. The molecule has 2 aliphatic carbocycles. The van der Waals surface area contributed by atoms with Crippen LogP contribution in [0.2, 0.25) is 0 Å². The summed E-state index contributed by atoms with van der Waals surface area (Å²) >= 11 is 0. The summed E-state index contributed by atoms with van der Waals surface area (Å²) in [6.45, 7) is 0. The second kappa shape index (κ2) is 9.14. The van der Waals surface area contributed by atoms with Crippen molar-refractivity contribution in [1.82, 2.24) is 9.55 Å². The topological polar surface area (TPSA) is 60.9 Å². The lowest BCUT2D eigenvalue weighted by Crippen LogP contribution is -2.58. The number of imidazole rings is 1. The molecule has 0 unspecified atom stereocenters. The summed E-state index contributed by atoms with van der Waals surface area (Å²) in [5, 5.41) is 2.35. The van der Waals surface area contributed by atoms with Gasteiger partial charge in [0.05, 0.1) is 11.0 Å². The molecule has 6 rings (SSSR count). The number of fused-ring (bicyclic) bond motifs is 2. The number of amides is 1. The second-order valence-electron chi connectivity index (χ2n) is 10.6. The van der Waals surface area contributed by atoms with Gasteiger partial charge in [0.2, 0.25) is 5.91 Å². The number of hydrogen-bond acceptors (Lipinski definition) is 2. The van der Waals surface area contributed by atoms with E-state index < -0.39 is 5.54 Å². The highest BCUT2D eigenvalue weighted by Gasteiger charge is 2.53. The summed E-state index contributed by atoms with van der Waals surface area (Å²) in [6.07, 6.45) is 11.4. The number of aromatic nitrogens is 2. The Labute approximate surface area is 207 Å². The Morgan fingerprint density at radius 2 is 1.37 bits per heavy atom. The Hall–Kier alpha value is -3.14. The van der Waals surface area contributed by atoms with Crippen molar-refractivity contribution in [2.45, 2.75) is 69.7 Å². The minimum atomic E-state index is -0.761. The van der Waals surface area contributed by atoms with Gasteiger partial charge >= 0.3 is 0 Å². The summed E-state index contributed by atoms with van der Waals surface area (Å²) in [4.78, 5) is 19.2. The molecule has 0 atom stereocenters. The molecule has 1 aromatic heterocycles. The number of carbonyl (C=O) groups is 1. The summed E-state index contributed by atoms with van der Waals surface area (Å²) in [7, 11) is 0. The maximum Gasteiger partial charge on any atom is 0.244 e. The number of benzene rings is 3. The Morgan fingerprint density at radius 3 is 2.06 bits per heavy atom. The van der Waals surface area contributed by atoms with Crippen LogP contribution in [0.15, 0.2) is 66.7 Å². The fourth-order valence-corrected chi connectivity index (χ4v) is 7.30. The predicted molar refractivity (Wildman–Crippen MR) is 143 cm³/mol. The number of nitrogens with zero attached hydrogens (tertiary/aromatic N) is 2. The standard InChI is InChI=1S/C31H35N3O/c32-30(35)31(23-14-3-1-4-15-23,24-16-5-2-6-17-24)34-28-21-10-9-20-27(28)33-29(34)26-19-11-13-22-12-7-8-18-25(22)26/h7-13,18-21,23-24H,1-6,14-17H2,(H2,32,35). The van der Waals surface area contributed by atoms with Crippen molar-refractivity contribution < 1.29 is 4.79 Å².